The number of hydrogen-bond donors (Lipinski definition) is 1. The minimum atomic E-state index is -0.161. The van der Waals surface area contributed by atoms with E-state index in [0.29, 0.717) is 0 Å². The Kier molecular flexibility index (Phi) is 2.83. The molecule has 0 aliphatic rings. The van der Waals surface area contributed by atoms with E-state index in [-0.39, 0.29) is 4.75 Å². The molecule has 2 nitrogen and oxygen atoms in total. The number of thioether (sulfide) groups is 1. The molecule has 0 spiro atoms. The van der Waals surface area contributed by atoms with Crippen LogP contribution in [0.5, 0.6) is 0 Å². The van der Waals surface area contributed by atoms with Crippen molar-refractivity contribution in [1.29, 1.82) is 0 Å². The first kappa shape index (κ1) is 9.35. The van der Waals surface area contributed by atoms with Gasteiger partial charge in [0.2, 0.25) is 0 Å². The van der Waals surface area contributed by atoms with Crippen LogP contribution in [0, 0.1) is 0 Å². The molecule has 1 aromatic rings. The number of rotatable bonds is 2. The minimum absolute atomic E-state index is 0.161. The van der Waals surface area contributed by atoms with Gasteiger partial charge in [0.25, 0.3) is 0 Å². The van der Waals surface area contributed by atoms with Crippen molar-refractivity contribution in [2.75, 3.05) is 6.26 Å². The summed E-state index contributed by atoms with van der Waals surface area (Å²) in [5.41, 5.74) is 0. The molecule has 62 valence electrons. The van der Waals surface area contributed by atoms with E-state index >= 15 is 0 Å². The van der Waals surface area contributed by atoms with Gasteiger partial charge in [0.1, 0.15) is 5.01 Å². The molecule has 0 radical (unpaired) electrons. The van der Waals surface area contributed by atoms with Crippen molar-refractivity contribution in [3.63, 3.8) is 0 Å². The molecular formula is C6H10N2S3. The van der Waals surface area contributed by atoms with Crippen molar-refractivity contribution >= 4 is 35.7 Å². The molecule has 0 aliphatic heterocycles. The van der Waals surface area contributed by atoms with Crippen molar-refractivity contribution in [1.82, 2.24) is 10.2 Å². The first-order chi connectivity index (χ1) is 5.04. The summed E-state index contributed by atoms with van der Waals surface area (Å²) in [5.74, 6) is 0. The molecule has 0 unspecified atom stereocenters. The van der Waals surface area contributed by atoms with E-state index in [1.807, 2.05) is 20.1 Å². The largest absolute Gasteiger partial charge is 0.174 e. The molecule has 1 rings (SSSR count). The third kappa shape index (κ3) is 2.35. The van der Waals surface area contributed by atoms with Crippen molar-refractivity contribution in [3.05, 3.63) is 5.01 Å². The zero-order valence-corrected chi connectivity index (χ0v) is 9.19. The molecule has 0 aliphatic carbocycles. The summed E-state index contributed by atoms with van der Waals surface area (Å²) in [5, 5.41) is 8.99. The van der Waals surface area contributed by atoms with Crippen LogP contribution in [0.3, 0.4) is 0 Å². The number of aromatic nitrogens is 2. The monoisotopic (exact) mass is 206 g/mol. The van der Waals surface area contributed by atoms with Gasteiger partial charge in [0.05, 0.1) is 4.75 Å². The normalized spacial score (nSPS) is 12.0. The summed E-state index contributed by atoms with van der Waals surface area (Å²) in [6.07, 6.45) is 2.00. The van der Waals surface area contributed by atoms with Crippen LogP contribution in [0.2, 0.25) is 0 Å². The van der Waals surface area contributed by atoms with Crippen LogP contribution in [0.15, 0.2) is 4.34 Å². The fourth-order valence-corrected chi connectivity index (χ4v) is 1.99. The van der Waals surface area contributed by atoms with Gasteiger partial charge in [0, 0.05) is 0 Å². The second-order valence-electron chi connectivity index (χ2n) is 2.64. The minimum Gasteiger partial charge on any atom is -0.166 e. The molecule has 0 saturated heterocycles. The summed E-state index contributed by atoms with van der Waals surface area (Å²) in [4.78, 5) is 0. The Balaban J connectivity index is 2.89. The van der Waals surface area contributed by atoms with Gasteiger partial charge < -0.3 is 0 Å². The molecule has 1 heterocycles. The topological polar surface area (TPSA) is 25.8 Å². The molecule has 0 aromatic carbocycles. The van der Waals surface area contributed by atoms with Gasteiger partial charge in [-0.2, -0.15) is 12.6 Å². The first-order valence-electron chi connectivity index (χ1n) is 3.14. The number of thiol groups is 1. The predicted molar refractivity (Wildman–Crippen MR) is 53.7 cm³/mol. The van der Waals surface area contributed by atoms with Gasteiger partial charge in [-0.15, -0.1) is 10.2 Å². The smallest absolute Gasteiger partial charge is 0.166 e. The quantitative estimate of drug-likeness (QED) is 0.594. The predicted octanol–water partition coefficient (Wildman–Crippen LogP) is 2.42. The van der Waals surface area contributed by atoms with Gasteiger partial charge in [-0.05, 0) is 20.1 Å². The summed E-state index contributed by atoms with van der Waals surface area (Å²) in [6.45, 7) is 4.03. The fourth-order valence-electron chi connectivity index (χ4n) is 0.539. The Bertz CT molecular complexity index is 238. The van der Waals surface area contributed by atoms with E-state index in [9.17, 15) is 0 Å². The standard InChI is InChI=1S/C6H10N2S3/c1-6(2,9)4-7-8-5(10-3)11-4/h9H,1-3H3. The maximum atomic E-state index is 4.40. The summed E-state index contributed by atoms with van der Waals surface area (Å²) in [6, 6.07) is 0. The lowest BCUT2D eigenvalue weighted by atomic mass is 10.2. The molecule has 0 bridgehead atoms. The zero-order valence-electron chi connectivity index (χ0n) is 6.66. The average Bonchev–Trinajstić information content (AvgIpc) is 2.32. The SMILES string of the molecule is CSc1nnc(C(C)(C)S)s1. The van der Waals surface area contributed by atoms with E-state index < -0.39 is 0 Å². The van der Waals surface area contributed by atoms with E-state index in [4.69, 9.17) is 0 Å². The molecule has 0 fully saturated rings. The van der Waals surface area contributed by atoms with Crippen LogP contribution in [0.25, 0.3) is 0 Å². The molecule has 0 amide bonds. The number of hydrogen-bond acceptors (Lipinski definition) is 5. The van der Waals surface area contributed by atoms with Gasteiger partial charge in [-0.3, -0.25) is 0 Å². The molecular weight excluding hydrogens is 196 g/mol. The average molecular weight is 206 g/mol. The van der Waals surface area contributed by atoms with Gasteiger partial charge in [-0.1, -0.05) is 23.1 Å². The van der Waals surface area contributed by atoms with Crippen LogP contribution in [0.1, 0.15) is 18.9 Å². The Morgan fingerprint density at radius 1 is 1.45 bits per heavy atom. The highest BCUT2D eigenvalue weighted by Gasteiger charge is 2.19. The molecule has 1 aromatic heterocycles. The molecule has 5 heteroatoms. The van der Waals surface area contributed by atoms with E-state index in [0.717, 1.165) is 9.35 Å². The molecule has 11 heavy (non-hydrogen) atoms. The van der Waals surface area contributed by atoms with Crippen molar-refractivity contribution in [3.8, 4) is 0 Å². The van der Waals surface area contributed by atoms with Crippen molar-refractivity contribution in [2.24, 2.45) is 0 Å². The Morgan fingerprint density at radius 2 is 2.09 bits per heavy atom. The van der Waals surface area contributed by atoms with E-state index in [2.05, 4.69) is 22.8 Å². The summed E-state index contributed by atoms with van der Waals surface area (Å²) in [7, 11) is 0. The lowest BCUT2D eigenvalue weighted by molar-refractivity contribution is 0.757. The first-order valence-corrected chi connectivity index (χ1v) is 5.63. The van der Waals surface area contributed by atoms with Crippen LogP contribution in [-0.4, -0.2) is 16.5 Å². The Labute approximate surface area is 80.2 Å². The second kappa shape index (κ2) is 3.33. The highest BCUT2D eigenvalue weighted by molar-refractivity contribution is 8.00. The highest BCUT2D eigenvalue weighted by Crippen LogP contribution is 2.31. The molecule has 0 saturated carbocycles. The van der Waals surface area contributed by atoms with Crippen molar-refractivity contribution < 1.29 is 0 Å². The van der Waals surface area contributed by atoms with Crippen LogP contribution in [0.4, 0.5) is 0 Å². The lowest BCUT2D eigenvalue weighted by Gasteiger charge is -2.10. The van der Waals surface area contributed by atoms with Gasteiger partial charge in [-0.25, -0.2) is 0 Å². The van der Waals surface area contributed by atoms with Crippen LogP contribution < -0.4 is 0 Å². The highest BCUT2D eigenvalue weighted by atomic mass is 32.2. The number of nitrogens with zero attached hydrogens (tertiary/aromatic N) is 2. The Hall–Kier alpha value is 0.260. The van der Waals surface area contributed by atoms with Gasteiger partial charge >= 0.3 is 0 Å². The third-order valence-electron chi connectivity index (χ3n) is 1.10. The van der Waals surface area contributed by atoms with E-state index in [1.54, 1.807) is 23.1 Å². The third-order valence-corrected chi connectivity index (χ3v) is 3.69. The Morgan fingerprint density at radius 3 is 2.36 bits per heavy atom. The maximum Gasteiger partial charge on any atom is 0.174 e. The molecule has 0 N–H and O–H groups in total. The van der Waals surface area contributed by atoms with E-state index in [1.165, 1.54) is 0 Å². The second-order valence-corrected chi connectivity index (χ2v) is 5.79. The fraction of sp³-hybridized carbons (Fsp3) is 0.667. The maximum absolute atomic E-state index is 4.40. The van der Waals surface area contributed by atoms with Crippen LogP contribution >= 0.6 is 35.7 Å². The summed E-state index contributed by atoms with van der Waals surface area (Å²) >= 11 is 7.62. The zero-order chi connectivity index (χ0) is 8.48. The lowest BCUT2D eigenvalue weighted by Crippen LogP contribution is -2.06. The van der Waals surface area contributed by atoms with Gasteiger partial charge in [0.15, 0.2) is 4.34 Å². The van der Waals surface area contributed by atoms with Crippen molar-refractivity contribution in [2.45, 2.75) is 22.9 Å². The molecule has 0 atom stereocenters. The summed E-state index contributed by atoms with van der Waals surface area (Å²) < 4.78 is 0.841. The van der Waals surface area contributed by atoms with Crippen LogP contribution in [-0.2, 0) is 4.75 Å².